The highest BCUT2D eigenvalue weighted by Crippen LogP contribution is 2.38. The zero-order valence-corrected chi connectivity index (χ0v) is 18.9. The standard InChI is InChI=1S/C24H20F4N4O3/c1-12-8-30(11-29-12)19-4-5-20-23(34)32(13(2)9-31(20)22(19)33)14(3)16-10-35-21-7-18(25)17(6-15(16)21)24(26,27)28/h4-8,10-11,13-14H,9H2,1-3H3/t13-,14?/m1/s1. The number of hydrogen-bond acceptors (Lipinski definition) is 4. The highest BCUT2D eigenvalue weighted by atomic mass is 19.4. The topological polar surface area (TPSA) is 73.3 Å². The number of fused-ring (bicyclic) bond motifs is 2. The molecule has 4 aromatic rings. The zero-order valence-electron chi connectivity index (χ0n) is 18.9. The van der Waals surface area contributed by atoms with Crippen molar-refractivity contribution < 1.29 is 26.8 Å². The Hall–Kier alpha value is -3.89. The third-order valence-electron chi connectivity index (χ3n) is 6.39. The number of nitrogens with zero attached hydrogens (tertiary/aromatic N) is 4. The van der Waals surface area contributed by atoms with Crippen LogP contribution in [0.4, 0.5) is 17.6 Å². The Kier molecular flexibility index (Phi) is 5.11. The number of rotatable bonds is 3. The summed E-state index contributed by atoms with van der Waals surface area (Å²) >= 11 is 0. The SMILES string of the molecule is Cc1cn(-c2ccc3n(c2=O)C[C@@H](C)N(C(C)c2coc4cc(F)c(C(F)(F)F)cc24)C3=O)cn1. The van der Waals surface area contributed by atoms with Crippen molar-refractivity contribution in [2.45, 2.75) is 45.6 Å². The Bertz CT molecular complexity index is 1530. The summed E-state index contributed by atoms with van der Waals surface area (Å²) in [6.07, 6.45) is -0.422. The predicted molar refractivity (Wildman–Crippen MR) is 118 cm³/mol. The second-order valence-electron chi connectivity index (χ2n) is 8.70. The molecule has 1 aliphatic heterocycles. The third kappa shape index (κ3) is 3.62. The van der Waals surface area contributed by atoms with Crippen LogP contribution in [0.15, 0.2) is 52.3 Å². The molecule has 0 fully saturated rings. The molecule has 1 amide bonds. The summed E-state index contributed by atoms with van der Waals surface area (Å²) in [6, 6.07) is 3.32. The zero-order chi connectivity index (χ0) is 25.2. The molecule has 0 saturated carbocycles. The van der Waals surface area contributed by atoms with E-state index in [1.165, 1.54) is 28.1 Å². The molecule has 4 heterocycles. The molecule has 7 nitrogen and oxygen atoms in total. The van der Waals surface area contributed by atoms with Gasteiger partial charge in [0, 0.05) is 35.8 Å². The number of amides is 1. The maximum Gasteiger partial charge on any atom is 0.419 e. The Morgan fingerprint density at radius 1 is 1.20 bits per heavy atom. The fraction of sp³-hybridized carbons (Fsp3) is 0.292. The molecule has 0 N–H and O–H groups in total. The number of furan rings is 1. The van der Waals surface area contributed by atoms with Crippen molar-refractivity contribution in [3.05, 3.63) is 81.7 Å². The first-order valence-electron chi connectivity index (χ1n) is 10.8. The van der Waals surface area contributed by atoms with Crippen LogP contribution in [0.2, 0.25) is 0 Å². The molecule has 0 saturated heterocycles. The molecule has 0 spiro atoms. The van der Waals surface area contributed by atoms with Gasteiger partial charge in [0.05, 0.1) is 29.9 Å². The van der Waals surface area contributed by atoms with Crippen LogP contribution >= 0.6 is 0 Å². The summed E-state index contributed by atoms with van der Waals surface area (Å²) in [5, 5.41) is 0.0695. The van der Waals surface area contributed by atoms with Gasteiger partial charge in [-0.3, -0.25) is 9.59 Å². The van der Waals surface area contributed by atoms with Gasteiger partial charge in [-0.1, -0.05) is 0 Å². The van der Waals surface area contributed by atoms with E-state index in [0.29, 0.717) is 23.4 Å². The Morgan fingerprint density at radius 3 is 2.60 bits per heavy atom. The van der Waals surface area contributed by atoms with Crippen LogP contribution in [0.1, 0.15) is 47.2 Å². The number of pyridine rings is 1. The minimum atomic E-state index is -4.88. The number of carbonyl (C=O) groups is 1. The highest BCUT2D eigenvalue weighted by Gasteiger charge is 2.38. The van der Waals surface area contributed by atoms with E-state index in [0.717, 1.165) is 5.69 Å². The Morgan fingerprint density at radius 2 is 1.94 bits per heavy atom. The number of carbonyl (C=O) groups excluding carboxylic acids is 1. The summed E-state index contributed by atoms with van der Waals surface area (Å²) in [4.78, 5) is 32.2. The second kappa shape index (κ2) is 7.82. The monoisotopic (exact) mass is 488 g/mol. The first-order valence-corrected chi connectivity index (χ1v) is 10.8. The normalized spacial score (nSPS) is 17.2. The maximum atomic E-state index is 14.0. The summed E-state index contributed by atoms with van der Waals surface area (Å²) in [6.45, 7) is 5.39. The number of halogens is 4. The lowest BCUT2D eigenvalue weighted by Gasteiger charge is -2.39. The van der Waals surface area contributed by atoms with Crippen LogP contribution in [0.5, 0.6) is 0 Å². The molecular weight excluding hydrogens is 468 g/mol. The van der Waals surface area contributed by atoms with Crippen LogP contribution in [-0.2, 0) is 12.7 Å². The summed E-state index contributed by atoms with van der Waals surface area (Å²) in [5.74, 6) is -1.88. The summed E-state index contributed by atoms with van der Waals surface area (Å²) < 4.78 is 62.1. The van der Waals surface area contributed by atoms with Gasteiger partial charge in [0.1, 0.15) is 22.8 Å². The smallest absolute Gasteiger partial charge is 0.419 e. The first-order chi connectivity index (χ1) is 16.5. The van der Waals surface area contributed by atoms with E-state index in [2.05, 4.69) is 4.98 Å². The van der Waals surface area contributed by atoms with Crippen molar-refractivity contribution >= 4 is 16.9 Å². The van der Waals surface area contributed by atoms with Gasteiger partial charge in [-0.05, 0) is 39.0 Å². The average molecular weight is 488 g/mol. The van der Waals surface area contributed by atoms with E-state index in [1.807, 2.05) is 0 Å². The van der Waals surface area contributed by atoms with Gasteiger partial charge in [0.15, 0.2) is 0 Å². The maximum absolute atomic E-state index is 14.0. The van der Waals surface area contributed by atoms with Crippen molar-refractivity contribution in [3.63, 3.8) is 0 Å². The van der Waals surface area contributed by atoms with E-state index in [4.69, 9.17) is 4.42 Å². The van der Waals surface area contributed by atoms with Crippen molar-refractivity contribution in [2.24, 2.45) is 0 Å². The predicted octanol–water partition coefficient (Wildman–Crippen LogP) is 4.85. The van der Waals surface area contributed by atoms with Gasteiger partial charge >= 0.3 is 6.18 Å². The second-order valence-corrected chi connectivity index (χ2v) is 8.70. The molecule has 1 unspecified atom stereocenters. The highest BCUT2D eigenvalue weighted by molar-refractivity contribution is 5.94. The lowest BCUT2D eigenvalue weighted by Crippen LogP contribution is -2.50. The molecule has 5 rings (SSSR count). The van der Waals surface area contributed by atoms with Gasteiger partial charge in [-0.15, -0.1) is 0 Å². The molecule has 1 aromatic carbocycles. The number of alkyl halides is 3. The van der Waals surface area contributed by atoms with Crippen LogP contribution in [0.3, 0.4) is 0 Å². The molecule has 0 bridgehead atoms. The van der Waals surface area contributed by atoms with Crippen LogP contribution in [0, 0.1) is 12.7 Å². The average Bonchev–Trinajstić information content (AvgIpc) is 3.39. The molecule has 3 aromatic heterocycles. The first kappa shape index (κ1) is 22.9. The fourth-order valence-corrected chi connectivity index (χ4v) is 4.69. The van der Waals surface area contributed by atoms with Crippen molar-refractivity contribution in [1.29, 1.82) is 0 Å². The molecule has 2 atom stereocenters. The molecule has 0 radical (unpaired) electrons. The van der Waals surface area contributed by atoms with Crippen molar-refractivity contribution in [1.82, 2.24) is 19.0 Å². The fourth-order valence-electron chi connectivity index (χ4n) is 4.69. The van der Waals surface area contributed by atoms with Gasteiger partial charge in [0.25, 0.3) is 11.5 Å². The summed E-state index contributed by atoms with van der Waals surface area (Å²) in [5.41, 5.74) is -0.256. The minimum Gasteiger partial charge on any atom is -0.464 e. The van der Waals surface area contributed by atoms with Gasteiger partial charge in [-0.25, -0.2) is 9.37 Å². The summed E-state index contributed by atoms with van der Waals surface area (Å²) in [7, 11) is 0. The number of aryl methyl sites for hydroxylation is 1. The van der Waals surface area contributed by atoms with Crippen LogP contribution in [0.25, 0.3) is 16.7 Å². The number of hydrogen-bond donors (Lipinski definition) is 0. The number of aromatic nitrogens is 3. The lowest BCUT2D eigenvalue weighted by molar-refractivity contribution is -0.139. The van der Waals surface area contributed by atoms with E-state index < -0.39 is 35.5 Å². The van der Waals surface area contributed by atoms with Crippen molar-refractivity contribution in [2.75, 3.05) is 0 Å². The van der Waals surface area contributed by atoms with E-state index in [-0.39, 0.29) is 28.8 Å². The molecule has 35 heavy (non-hydrogen) atoms. The molecule has 11 heteroatoms. The van der Waals surface area contributed by atoms with Crippen LogP contribution in [-0.4, -0.2) is 31.0 Å². The number of benzene rings is 1. The molecule has 0 aliphatic carbocycles. The molecular formula is C24H20F4N4O3. The van der Waals surface area contributed by atoms with E-state index in [1.54, 1.807) is 37.6 Å². The van der Waals surface area contributed by atoms with Crippen LogP contribution < -0.4 is 5.56 Å². The molecule has 1 aliphatic rings. The third-order valence-corrected chi connectivity index (χ3v) is 6.39. The van der Waals surface area contributed by atoms with Gasteiger partial charge in [0.2, 0.25) is 0 Å². The van der Waals surface area contributed by atoms with E-state index >= 15 is 0 Å². The molecule has 182 valence electrons. The minimum absolute atomic E-state index is 0.0497. The Labute approximate surface area is 196 Å². The quantitative estimate of drug-likeness (QED) is 0.387. The van der Waals surface area contributed by atoms with Crippen molar-refractivity contribution in [3.8, 4) is 5.69 Å². The van der Waals surface area contributed by atoms with Gasteiger partial charge in [-0.2, -0.15) is 13.2 Å². The lowest BCUT2D eigenvalue weighted by atomic mass is 10.00. The number of imidazole rings is 1. The largest absolute Gasteiger partial charge is 0.464 e. The Balaban J connectivity index is 1.55. The van der Waals surface area contributed by atoms with Gasteiger partial charge < -0.3 is 18.5 Å². The van der Waals surface area contributed by atoms with E-state index in [9.17, 15) is 27.2 Å².